The molecule has 2 amide bonds. The van der Waals surface area contributed by atoms with E-state index in [1.54, 1.807) is 4.90 Å². The highest BCUT2D eigenvalue weighted by molar-refractivity contribution is 8.27. The van der Waals surface area contributed by atoms with E-state index < -0.39 is 5.82 Å². The maximum atomic E-state index is 13.4. The molecule has 30 heavy (non-hydrogen) atoms. The Morgan fingerprint density at radius 1 is 1.00 bits per heavy atom. The van der Waals surface area contributed by atoms with E-state index in [1.807, 2.05) is 38.1 Å². The van der Waals surface area contributed by atoms with E-state index in [0.29, 0.717) is 27.2 Å². The van der Waals surface area contributed by atoms with Crippen LogP contribution < -0.4 is 9.80 Å². The zero-order chi connectivity index (χ0) is 21.4. The van der Waals surface area contributed by atoms with Gasteiger partial charge in [-0.3, -0.25) is 24.3 Å². The van der Waals surface area contributed by atoms with Crippen LogP contribution in [0.3, 0.4) is 0 Å². The van der Waals surface area contributed by atoms with Crippen molar-refractivity contribution in [3.8, 4) is 0 Å². The Morgan fingerprint density at radius 2 is 1.67 bits per heavy atom. The normalized spacial score (nSPS) is 18.7. The first-order valence-corrected chi connectivity index (χ1v) is 10.9. The van der Waals surface area contributed by atoms with Gasteiger partial charge in [0, 0.05) is 5.56 Å². The third-order valence-corrected chi connectivity index (χ3v) is 6.61. The molecule has 0 unspecified atom stereocenters. The minimum atomic E-state index is -0.394. The van der Waals surface area contributed by atoms with Crippen LogP contribution >= 0.6 is 24.0 Å². The van der Waals surface area contributed by atoms with Crippen LogP contribution in [0.25, 0.3) is 5.57 Å². The van der Waals surface area contributed by atoms with Crippen molar-refractivity contribution in [2.45, 2.75) is 13.8 Å². The van der Waals surface area contributed by atoms with Crippen molar-refractivity contribution in [3.05, 3.63) is 64.8 Å². The molecule has 5 nitrogen and oxygen atoms in total. The third kappa shape index (κ3) is 3.45. The predicted molar refractivity (Wildman–Crippen MR) is 123 cm³/mol. The van der Waals surface area contributed by atoms with Gasteiger partial charge >= 0.3 is 0 Å². The number of thiocarbonyl (C=S) groups is 1. The summed E-state index contributed by atoms with van der Waals surface area (Å²) >= 11 is 6.54. The number of rotatable bonds is 5. The molecule has 2 aromatic carbocycles. The summed E-state index contributed by atoms with van der Waals surface area (Å²) in [5.74, 6) is -0.961. The summed E-state index contributed by atoms with van der Waals surface area (Å²) in [6, 6.07) is 13.1. The van der Waals surface area contributed by atoms with E-state index in [4.69, 9.17) is 12.2 Å². The molecule has 0 aliphatic carbocycles. The molecule has 0 aromatic heterocycles. The average Bonchev–Trinajstić information content (AvgIpc) is 3.19. The van der Waals surface area contributed by atoms with Gasteiger partial charge in [-0.2, -0.15) is 0 Å². The molecule has 1 saturated heterocycles. The Balaban J connectivity index is 1.77. The summed E-state index contributed by atoms with van der Waals surface area (Å²) in [5.41, 5.74) is 2.37. The zero-order valence-corrected chi connectivity index (χ0v) is 18.2. The summed E-state index contributed by atoms with van der Waals surface area (Å²) in [6.45, 7) is 6.16. The zero-order valence-electron chi connectivity index (χ0n) is 16.6. The number of benzene rings is 2. The van der Waals surface area contributed by atoms with Crippen LogP contribution in [0.1, 0.15) is 19.4 Å². The molecule has 0 atom stereocenters. The van der Waals surface area contributed by atoms with Crippen molar-refractivity contribution in [2.75, 3.05) is 29.6 Å². The number of thioether (sulfide) groups is 1. The van der Waals surface area contributed by atoms with Gasteiger partial charge in [-0.15, -0.1) is 0 Å². The van der Waals surface area contributed by atoms with Crippen molar-refractivity contribution in [1.29, 1.82) is 0 Å². The second-order valence-electron chi connectivity index (χ2n) is 6.88. The number of amides is 2. The summed E-state index contributed by atoms with van der Waals surface area (Å²) in [6.07, 6.45) is 0. The number of hydrogen-bond donors (Lipinski definition) is 0. The highest BCUT2D eigenvalue weighted by Crippen LogP contribution is 2.45. The lowest BCUT2D eigenvalue weighted by Crippen LogP contribution is -2.39. The second kappa shape index (κ2) is 8.29. The second-order valence-corrected chi connectivity index (χ2v) is 8.53. The lowest BCUT2D eigenvalue weighted by atomic mass is 10.1. The largest absolute Gasteiger partial charge is 0.294 e. The molecule has 2 aliphatic rings. The Bertz CT molecular complexity index is 1060. The van der Waals surface area contributed by atoms with Gasteiger partial charge in [0.05, 0.1) is 28.5 Å². The number of carbonyl (C=O) groups is 2. The van der Waals surface area contributed by atoms with Crippen LogP contribution in [-0.2, 0) is 9.59 Å². The first kappa shape index (κ1) is 20.7. The van der Waals surface area contributed by atoms with E-state index in [2.05, 4.69) is 4.90 Å². The number of hydrogen-bond acceptors (Lipinski definition) is 5. The number of para-hydroxylation sites is 1. The topological polar surface area (TPSA) is 43.9 Å². The molecular formula is C22H20FN3O2S2. The lowest BCUT2D eigenvalue weighted by Gasteiger charge is -2.25. The van der Waals surface area contributed by atoms with E-state index >= 15 is 0 Å². The van der Waals surface area contributed by atoms with Crippen LogP contribution in [0.4, 0.5) is 15.8 Å². The van der Waals surface area contributed by atoms with Gasteiger partial charge < -0.3 is 0 Å². The van der Waals surface area contributed by atoms with Gasteiger partial charge in [0.2, 0.25) is 0 Å². The Labute approximate surface area is 184 Å². The fraction of sp³-hybridized carbons (Fsp3) is 0.227. The molecule has 4 rings (SSSR count). The minimum absolute atomic E-state index is 0.206. The molecule has 8 heteroatoms. The average molecular weight is 442 g/mol. The molecular weight excluding hydrogens is 421 g/mol. The molecule has 0 saturated carbocycles. The van der Waals surface area contributed by atoms with E-state index in [1.165, 1.54) is 29.2 Å². The summed E-state index contributed by atoms with van der Waals surface area (Å²) in [7, 11) is 0. The fourth-order valence-electron chi connectivity index (χ4n) is 3.60. The van der Waals surface area contributed by atoms with Crippen LogP contribution in [0.2, 0.25) is 0 Å². The quantitative estimate of drug-likeness (QED) is 0.513. The monoisotopic (exact) mass is 441 g/mol. The van der Waals surface area contributed by atoms with Crippen molar-refractivity contribution >= 4 is 57.1 Å². The SMILES string of the molecule is CCN(CC)CN1C(=O)C(=C2SC(=S)N(c3ccc(F)cc3)C2=O)c2ccccc21. The van der Waals surface area contributed by atoms with Crippen LogP contribution in [0.15, 0.2) is 53.4 Å². The highest BCUT2D eigenvalue weighted by atomic mass is 32.2. The van der Waals surface area contributed by atoms with E-state index in [9.17, 15) is 14.0 Å². The molecule has 0 bridgehead atoms. The van der Waals surface area contributed by atoms with Gasteiger partial charge in [0.1, 0.15) is 5.82 Å². The number of fused-ring (bicyclic) bond motifs is 1. The molecule has 0 N–H and O–H groups in total. The van der Waals surface area contributed by atoms with Crippen LogP contribution in [0, 0.1) is 5.82 Å². The third-order valence-electron chi connectivity index (χ3n) is 5.24. The van der Waals surface area contributed by atoms with Gasteiger partial charge in [-0.05, 0) is 43.4 Å². The summed E-state index contributed by atoms with van der Waals surface area (Å²) in [5, 5.41) is 0. The Kier molecular flexibility index (Phi) is 5.73. The van der Waals surface area contributed by atoms with Gasteiger partial charge in [-0.1, -0.05) is 56.0 Å². The van der Waals surface area contributed by atoms with Crippen molar-refractivity contribution in [1.82, 2.24) is 4.90 Å². The van der Waals surface area contributed by atoms with Crippen LogP contribution in [-0.4, -0.2) is 40.8 Å². The van der Waals surface area contributed by atoms with E-state index in [0.717, 1.165) is 36.1 Å². The van der Waals surface area contributed by atoms with Crippen molar-refractivity contribution in [2.24, 2.45) is 0 Å². The molecule has 1 fully saturated rings. The van der Waals surface area contributed by atoms with Gasteiger partial charge in [0.15, 0.2) is 4.32 Å². The number of anilines is 2. The molecule has 0 radical (unpaired) electrons. The number of nitrogens with zero attached hydrogens (tertiary/aromatic N) is 3. The van der Waals surface area contributed by atoms with Gasteiger partial charge in [-0.25, -0.2) is 4.39 Å². The van der Waals surface area contributed by atoms with Gasteiger partial charge in [0.25, 0.3) is 11.8 Å². The smallest absolute Gasteiger partial charge is 0.271 e. The predicted octanol–water partition coefficient (Wildman–Crippen LogP) is 4.25. The number of halogens is 1. The number of carbonyl (C=O) groups excluding carboxylic acids is 2. The van der Waals surface area contributed by atoms with Crippen LogP contribution in [0.5, 0.6) is 0 Å². The highest BCUT2D eigenvalue weighted by Gasteiger charge is 2.42. The lowest BCUT2D eigenvalue weighted by molar-refractivity contribution is -0.115. The molecule has 0 spiro atoms. The standard InChI is InChI=1S/C22H20FN3O2S2/c1-3-24(4-2)13-25-17-8-6-5-7-16(17)18(20(25)27)19-21(28)26(22(29)30-19)15-11-9-14(23)10-12-15/h5-12H,3-4,13H2,1-2H3. The van der Waals surface area contributed by atoms with Crippen molar-refractivity contribution in [3.63, 3.8) is 0 Å². The Morgan fingerprint density at radius 3 is 2.33 bits per heavy atom. The summed E-state index contributed by atoms with van der Waals surface area (Å²) in [4.78, 5) is 32.2. The first-order chi connectivity index (χ1) is 14.5. The summed E-state index contributed by atoms with van der Waals surface area (Å²) < 4.78 is 13.6. The molecule has 2 heterocycles. The fourth-order valence-corrected chi connectivity index (χ4v) is 4.97. The molecule has 2 aromatic rings. The van der Waals surface area contributed by atoms with E-state index in [-0.39, 0.29) is 11.8 Å². The minimum Gasteiger partial charge on any atom is -0.294 e. The molecule has 2 aliphatic heterocycles. The maximum absolute atomic E-state index is 13.4. The van der Waals surface area contributed by atoms with Crippen molar-refractivity contribution < 1.29 is 14.0 Å². The maximum Gasteiger partial charge on any atom is 0.271 e. The molecule has 154 valence electrons. The Hall–Kier alpha value is -2.55. The first-order valence-electron chi connectivity index (χ1n) is 9.66.